The van der Waals surface area contributed by atoms with Crippen LogP contribution in [0, 0.1) is 5.82 Å². The maximum atomic E-state index is 13.7. The molecule has 184 valence electrons. The summed E-state index contributed by atoms with van der Waals surface area (Å²) in [5.74, 6) is -0.412. The Balaban J connectivity index is 1.87. The molecule has 1 aliphatic rings. The molecular weight excluding hydrogens is 449 g/mol. The van der Waals surface area contributed by atoms with E-state index in [4.69, 9.17) is 9.84 Å². The highest BCUT2D eigenvalue weighted by Crippen LogP contribution is 2.39. The summed E-state index contributed by atoms with van der Waals surface area (Å²) in [5, 5.41) is 4.91. The van der Waals surface area contributed by atoms with Crippen molar-refractivity contribution in [3.63, 3.8) is 0 Å². The Morgan fingerprint density at radius 2 is 1.74 bits per heavy atom. The van der Waals surface area contributed by atoms with E-state index >= 15 is 0 Å². The number of pyridine rings is 1. The van der Waals surface area contributed by atoms with E-state index in [-0.39, 0.29) is 31.2 Å². The van der Waals surface area contributed by atoms with Crippen molar-refractivity contribution in [3.05, 3.63) is 60.3 Å². The molecule has 3 aromatic rings. The van der Waals surface area contributed by atoms with Crippen molar-refractivity contribution in [2.45, 2.75) is 45.4 Å². The van der Waals surface area contributed by atoms with Crippen LogP contribution in [0.4, 0.5) is 9.18 Å². The smallest absolute Gasteiger partial charge is 0.410 e. The molecule has 8 nitrogen and oxygen atoms in total. The first-order valence-corrected chi connectivity index (χ1v) is 11.5. The Morgan fingerprint density at radius 1 is 1.09 bits per heavy atom. The third kappa shape index (κ3) is 5.34. The standard InChI is InChI=1S/C26H30FN5O3/c1-26(2,3)35-25(34)31-15-20(14-22(33)30(4)5)32-21(16-31)23(17-10-12-28-13-11-17)24(29-32)18-6-8-19(27)9-7-18/h6-13,20H,14-16H2,1-5H3/t20-/m1/s1. The highest BCUT2D eigenvalue weighted by molar-refractivity contribution is 5.83. The van der Waals surface area contributed by atoms with Gasteiger partial charge in [-0.25, -0.2) is 9.18 Å². The molecule has 0 unspecified atom stereocenters. The van der Waals surface area contributed by atoms with Gasteiger partial charge in [-0.2, -0.15) is 5.10 Å². The highest BCUT2D eigenvalue weighted by Gasteiger charge is 2.36. The van der Waals surface area contributed by atoms with E-state index in [9.17, 15) is 14.0 Å². The molecule has 1 aromatic carbocycles. The van der Waals surface area contributed by atoms with Gasteiger partial charge in [0.2, 0.25) is 5.91 Å². The minimum atomic E-state index is -0.656. The largest absolute Gasteiger partial charge is 0.444 e. The lowest BCUT2D eigenvalue weighted by Gasteiger charge is -2.35. The van der Waals surface area contributed by atoms with Gasteiger partial charge >= 0.3 is 6.09 Å². The summed E-state index contributed by atoms with van der Waals surface area (Å²) >= 11 is 0. The lowest BCUT2D eigenvalue weighted by molar-refractivity contribution is -0.129. The summed E-state index contributed by atoms with van der Waals surface area (Å²) in [6.45, 7) is 6.00. The van der Waals surface area contributed by atoms with Gasteiger partial charge in [0.15, 0.2) is 0 Å². The minimum Gasteiger partial charge on any atom is -0.444 e. The third-order valence-electron chi connectivity index (χ3n) is 5.77. The van der Waals surface area contributed by atoms with Crippen LogP contribution < -0.4 is 0 Å². The Kier molecular flexibility index (Phi) is 6.60. The predicted molar refractivity (Wildman–Crippen MR) is 130 cm³/mol. The highest BCUT2D eigenvalue weighted by atomic mass is 19.1. The molecule has 0 N–H and O–H groups in total. The second kappa shape index (κ2) is 9.48. The molecule has 2 amide bonds. The zero-order valence-electron chi connectivity index (χ0n) is 20.7. The number of aromatic nitrogens is 3. The fourth-order valence-electron chi connectivity index (χ4n) is 4.13. The van der Waals surface area contributed by atoms with Gasteiger partial charge in [-0.15, -0.1) is 0 Å². The average molecular weight is 480 g/mol. The second-order valence-corrected chi connectivity index (χ2v) is 9.86. The molecule has 9 heteroatoms. The molecule has 2 aromatic heterocycles. The molecule has 0 aliphatic carbocycles. The van der Waals surface area contributed by atoms with Gasteiger partial charge in [0.05, 0.1) is 24.7 Å². The maximum absolute atomic E-state index is 13.7. The van der Waals surface area contributed by atoms with E-state index in [0.29, 0.717) is 5.69 Å². The van der Waals surface area contributed by atoms with Crippen LogP contribution in [0.1, 0.15) is 38.9 Å². The molecule has 3 heterocycles. The summed E-state index contributed by atoms with van der Waals surface area (Å²) in [5.41, 5.74) is 3.20. The van der Waals surface area contributed by atoms with Crippen molar-refractivity contribution in [1.29, 1.82) is 0 Å². The van der Waals surface area contributed by atoms with Gasteiger partial charge in [0.1, 0.15) is 17.1 Å². The fourth-order valence-corrected chi connectivity index (χ4v) is 4.13. The normalized spacial score (nSPS) is 15.5. The number of rotatable bonds is 4. The fraction of sp³-hybridized carbons (Fsp3) is 0.385. The van der Waals surface area contributed by atoms with Crippen molar-refractivity contribution in [2.75, 3.05) is 20.6 Å². The van der Waals surface area contributed by atoms with Gasteiger partial charge in [0.25, 0.3) is 0 Å². The Morgan fingerprint density at radius 3 is 2.34 bits per heavy atom. The molecular formula is C26H30FN5O3. The molecule has 0 bridgehead atoms. The number of amides is 2. The average Bonchev–Trinajstić information content (AvgIpc) is 3.18. The van der Waals surface area contributed by atoms with E-state index in [1.165, 1.54) is 17.0 Å². The molecule has 4 rings (SSSR count). The second-order valence-electron chi connectivity index (χ2n) is 9.86. The first kappa shape index (κ1) is 24.4. The van der Waals surface area contributed by atoms with E-state index in [0.717, 1.165) is 22.4 Å². The number of hydrogen-bond acceptors (Lipinski definition) is 5. The molecule has 0 spiro atoms. The SMILES string of the molecule is CN(C)C(=O)C[C@@H]1CN(C(=O)OC(C)(C)C)Cc2c(-c3ccncc3)c(-c3ccc(F)cc3)nn21. The molecule has 0 radical (unpaired) electrons. The Labute approximate surface area is 204 Å². The van der Waals surface area contributed by atoms with Crippen LogP contribution >= 0.6 is 0 Å². The summed E-state index contributed by atoms with van der Waals surface area (Å²) < 4.78 is 21.2. The Bertz CT molecular complexity index is 1220. The van der Waals surface area contributed by atoms with E-state index in [1.54, 1.807) is 43.5 Å². The minimum absolute atomic E-state index is 0.0729. The quantitative estimate of drug-likeness (QED) is 0.550. The maximum Gasteiger partial charge on any atom is 0.410 e. The first-order valence-electron chi connectivity index (χ1n) is 11.5. The lowest BCUT2D eigenvalue weighted by Crippen LogP contribution is -2.45. The third-order valence-corrected chi connectivity index (χ3v) is 5.77. The van der Waals surface area contributed by atoms with Gasteiger partial charge in [-0.1, -0.05) is 0 Å². The Hall–Kier alpha value is -3.75. The van der Waals surface area contributed by atoms with Gasteiger partial charge in [-0.05, 0) is 62.7 Å². The summed E-state index contributed by atoms with van der Waals surface area (Å²) in [6.07, 6.45) is 3.10. The van der Waals surface area contributed by atoms with Crippen LogP contribution in [-0.2, 0) is 16.1 Å². The monoisotopic (exact) mass is 479 g/mol. The molecule has 0 saturated heterocycles. The van der Waals surface area contributed by atoms with E-state index < -0.39 is 17.7 Å². The van der Waals surface area contributed by atoms with Crippen LogP contribution in [0.5, 0.6) is 0 Å². The van der Waals surface area contributed by atoms with Crippen LogP contribution in [0.15, 0.2) is 48.8 Å². The van der Waals surface area contributed by atoms with Gasteiger partial charge in [-0.3, -0.25) is 14.5 Å². The van der Waals surface area contributed by atoms with Crippen LogP contribution in [0.3, 0.4) is 0 Å². The number of carbonyl (C=O) groups excluding carboxylic acids is 2. The molecule has 1 aliphatic heterocycles. The van der Waals surface area contributed by atoms with Crippen molar-refractivity contribution >= 4 is 12.0 Å². The van der Waals surface area contributed by atoms with Crippen LogP contribution in [-0.4, -0.2) is 62.8 Å². The number of hydrogen-bond donors (Lipinski definition) is 0. The number of halogens is 1. The number of nitrogens with zero attached hydrogens (tertiary/aromatic N) is 5. The predicted octanol–water partition coefficient (Wildman–Crippen LogP) is 4.52. The van der Waals surface area contributed by atoms with Gasteiger partial charge in [0, 0.05) is 44.2 Å². The summed E-state index contributed by atoms with van der Waals surface area (Å²) in [7, 11) is 3.40. The number of benzene rings is 1. The topological polar surface area (TPSA) is 80.6 Å². The summed E-state index contributed by atoms with van der Waals surface area (Å²) in [6, 6.07) is 9.50. The number of carbonyl (C=O) groups is 2. The lowest BCUT2D eigenvalue weighted by atomic mass is 9.98. The van der Waals surface area contributed by atoms with E-state index in [2.05, 4.69) is 4.98 Å². The van der Waals surface area contributed by atoms with Crippen molar-refractivity contribution in [3.8, 4) is 22.4 Å². The van der Waals surface area contributed by atoms with Crippen LogP contribution in [0.25, 0.3) is 22.4 Å². The summed E-state index contributed by atoms with van der Waals surface area (Å²) in [4.78, 5) is 33.0. The molecule has 35 heavy (non-hydrogen) atoms. The van der Waals surface area contributed by atoms with Crippen molar-refractivity contribution < 1.29 is 18.7 Å². The van der Waals surface area contributed by atoms with Crippen molar-refractivity contribution in [1.82, 2.24) is 24.6 Å². The molecule has 0 saturated carbocycles. The zero-order chi connectivity index (χ0) is 25.3. The van der Waals surface area contributed by atoms with E-state index in [1.807, 2.05) is 37.6 Å². The van der Waals surface area contributed by atoms with Gasteiger partial charge < -0.3 is 14.5 Å². The molecule has 1 atom stereocenters. The first-order chi connectivity index (χ1) is 16.5. The van der Waals surface area contributed by atoms with Crippen molar-refractivity contribution in [2.24, 2.45) is 0 Å². The number of fused-ring (bicyclic) bond motifs is 1. The van der Waals surface area contributed by atoms with Crippen LogP contribution in [0.2, 0.25) is 0 Å². The zero-order valence-corrected chi connectivity index (χ0v) is 20.7. The molecule has 0 fully saturated rings. The number of ether oxygens (including phenoxy) is 1.